The first kappa shape index (κ1) is 9.06. The van der Waals surface area contributed by atoms with Crippen LogP contribution < -0.4 is 0 Å². The first-order valence-electron chi connectivity index (χ1n) is 4.17. The molecule has 0 aromatic heterocycles. The third-order valence-electron chi connectivity index (χ3n) is 1.52. The molecule has 0 amide bonds. The van der Waals surface area contributed by atoms with Crippen LogP contribution in [0, 0.1) is 0 Å². The van der Waals surface area contributed by atoms with Crippen LogP contribution in [0.15, 0.2) is 0 Å². The van der Waals surface area contributed by atoms with Crippen LogP contribution >= 0.6 is 6.49 Å². The van der Waals surface area contributed by atoms with E-state index in [9.17, 15) is 5.11 Å². The summed E-state index contributed by atoms with van der Waals surface area (Å²) in [5, 5.41) is 9.33. The van der Waals surface area contributed by atoms with Gasteiger partial charge in [-0.2, -0.15) is 0 Å². The molecule has 2 N–H and O–H groups in total. The van der Waals surface area contributed by atoms with Crippen molar-refractivity contribution in [2.45, 2.75) is 18.6 Å². The van der Waals surface area contributed by atoms with Crippen LogP contribution in [0.3, 0.4) is 0 Å². The Morgan fingerprint density at radius 3 is 3.00 bits per heavy atom. The molecule has 6 heteroatoms. The number of rotatable bonds is 3. The highest BCUT2D eigenvalue weighted by Crippen LogP contribution is 2.37. The molecule has 1 saturated heterocycles. The number of hydrogen-bond acceptors (Lipinski definition) is 4. The van der Waals surface area contributed by atoms with E-state index < -0.39 is 25.3 Å². The smallest absolute Gasteiger partial charge is 0.183 e. The average Bonchev–Trinajstić information content (AvgIpc) is 2.24. The molecule has 1 aliphatic rings. The molecule has 72 valence electrons. The van der Waals surface area contributed by atoms with E-state index in [-0.39, 0.29) is 13.0 Å². The lowest BCUT2D eigenvalue weighted by Crippen LogP contribution is -2.25. The lowest BCUT2D eigenvalue weighted by atomic mass is 10.2. The van der Waals surface area contributed by atoms with Crippen molar-refractivity contribution in [2.24, 2.45) is 0 Å². The SMILES string of the molecule is [3H]C1CC(O)[C@@H](COP(C)(O)=S)O1. The number of ether oxygens (including phenoxy) is 1. The zero-order valence-corrected chi connectivity index (χ0v) is 8.42. The van der Waals surface area contributed by atoms with Gasteiger partial charge in [0.05, 0.1) is 14.1 Å². The standard InChI is InChI=1S/C6H13O4PS/c1-11(8,12)10-4-6-5(7)2-3-9-6/h5-7H,2-4H2,1H3,(H,8,12)/t5?,6-,11?/m1/s1/i3T/t3?,5?,6-,11?. The van der Waals surface area contributed by atoms with Gasteiger partial charge in [0.25, 0.3) is 0 Å². The molecule has 0 aromatic rings. The van der Waals surface area contributed by atoms with Crippen molar-refractivity contribution in [1.29, 1.82) is 0 Å². The van der Waals surface area contributed by atoms with Gasteiger partial charge in [-0.15, -0.1) is 0 Å². The summed E-state index contributed by atoms with van der Waals surface area (Å²) in [4.78, 5) is 9.15. The Morgan fingerprint density at radius 2 is 2.58 bits per heavy atom. The maximum absolute atomic E-state index is 9.33. The fraction of sp³-hybridized carbons (Fsp3) is 1.00. The lowest BCUT2D eigenvalue weighted by Gasteiger charge is -2.16. The van der Waals surface area contributed by atoms with Gasteiger partial charge < -0.3 is 19.3 Å². The molecule has 1 heterocycles. The average molecular weight is 214 g/mol. The summed E-state index contributed by atoms with van der Waals surface area (Å²) < 4.78 is 17.2. The molecule has 3 unspecified atom stereocenters. The van der Waals surface area contributed by atoms with E-state index >= 15 is 0 Å². The molecule has 0 bridgehead atoms. The van der Waals surface area contributed by atoms with E-state index in [0.717, 1.165) is 0 Å². The van der Waals surface area contributed by atoms with E-state index in [1.807, 2.05) is 0 Å². The summed E-state index contributed by atoms with van der Waals surface area (Å²) in [7, 11) is 0. The number of hydrogen-bond donors (Lipinski definition) is 2. The van der Waals surface area contributed by atoms with E-state index in [0.29, 0.717) is 0 Å². The summed E-state index contributed by atoms with van der Waals surface area (Å²) >= 11 is 4.65. The van der Waals surface area contributed by atoms with Crippen LogP contribution in [0.5, 0.6) is 0 Å². The molecule has 1 fully saturated rings. The highest BCUT2D eigenvalue weighted by atomic mass is 32.5. The fourth-order valence-corrected chi connectivity index (χ4v) is 1.49. The summed E-state index contributed by atoms with van der Waals surface area (Å²) in [5.74, 6) is 0. The first-order valence-corrected chi connectivity index (χ1v) is 6.71. The zero-order chi connectivity index (χ0) is 10.1. The Kier molecular flexibility index (Phi) is 3.12. The molecule has 0 saturated carbocycles. The molecule has 0 radical (unpaired) electrons. The van der Waals surface area contributed by atoms with Crippen molar-refractivity contribution in [3.63, 3.8) is 0 Å². The molecule has 0 spiro atoms. The lowest BCUT2D eigenvalue weighted by molar-refractivity contribution is 0.0115. The second-order valence-corrected chi connectivity index (χ2v) is 6.64. The summed E-state index contributed by atoms with van der Waals surface area (Å²) in [6.07, 6.45) is -0.938. The van der Waals surface area contributed by atoms with E-state index in [4.69, 9.17) is 15.5 Å². The van der Waals surface area contributed by atoms with Crippen molar-refractivity contribution in [3.05, 3.63) is 0 Å². The Balaban J connectivity index is 2.34. The van der Waals surface area contributed by atoms with Gasteiger partial charge in [0.15, 0.2) is 6.49 Å². The van der Waals surface area contributed by atoms with Crippen molar-refractivity contribution in [2.75, 3.05) is 19.9 Å². The van der Waals surface area contributed by atoms with E-state index in [1.165, 1.54) is 6.66 Å². The zero-order valence-electron chi connectivity index (χ0n) is 7.71. The molecule has 4 nitrogen and oxygen atoms in total. The van der Waals surface area contributed by atoms with Crippen LogP contribution in [0.25, 0.3) is 0 Å². The minimum absolute atomic E-state index is 0.0564. The third kappa shape index (κ3) is 3.47. The Labute approximate surface area is 78.1 Å². The number of aliphatic hydroxyl groups is 1. The molecule has 4 atom stereocenters. The summed E-state index contributed by atoms with van der Waals surface area (Å²) in [5.41, 5.74) is 0. The third-order valence-corrected chi connectivity index (χ3v) is 2.46. The second kappa shape index (κ2) is 4.13. The minimum atomic E-state index is -2.68. The Morgan fingerprint density at radius 1 is 1.92 bits per heavy atom. The second-order valence-electron chi connectivity index (χ2n) is 2.74. The molecule has 12 heavy (non-hydrogen) atoms. The van der Waals surface area contributed by atoms with Crippen LogP contribution in [0.4, 0.5) is 0 Å². The minimum Gasteiger partial charge on any atom is -0.390 e. The van der Waals surface area contributed by atoms with Gasteiger partial charge in [-0.1, -0.05) is 0 Å². The highest BCUT2D eigenvalue weighted by Gasteiger charge is 2.27. The largest absolute Gasteiger partial charge is 0.390 e. The monoisotopic (exact) mass is 214 g/mol. The highest BCUT2D eigenvalue weighted by molar-refractivity contribution is 8.09. The van der Waals surface area contributed by atoms with Gasteiger partial charge in [0, 0.05) is 13.2 Å². The predicted octanol–water partition coefficient (Wildman–Crippen LogP) is 0.0844. The summed E-state index contributed by atoms with van der Waals surface area (Å²) in [6, 6.07) is 0. The molecule has 1 rings (SSSR count). The quantitative estimate of drug-likeness (QED) is 0.652. The normalized spacial score (nSPS) is 42.2. The summed E-state index contributed by atoms with van der Waals surface area (Å²) in [6.45, 7) is -1.89. The Bertz CT molecular complexity index is 221. The van der Waals surface area contributed by atoms with E-state index in [2.05, 4.69) is 11.8 Å². The van der Waals surface area contributed by atoms with Crippen molar-refractivity contribution < 1.29 is 20.6 Å². The molecular weight excluding hydrogens is 199 g/mol. The molecular formula is C6H13O4PS. The first-order chi connectivity index (χ1) is 5.88. The van der Waals surface area contributed by atoms with Gasteiger partial charge in [0.2, 0.25) is 0 Å². The van der Waals surface area contributed by atoms with Gasteiger partial charge in [0.1, 0.15) is 6.10 Å². The topological polar surface area (TPSA) is 58.9 Å². The van der Waals surface area contributed by atoms with Crippen LogP contribution in [0.2, 0.25) is 0 Å². The molecule has 0 aromatic carbocycles. The van der Waals surface area contributed by atoms with Gasteiger partial charge in [-0.25, -0.2) is 0 Å². The maximum Gasteiger partial charge on any atom is 0.183 e. The van der Waals surface area contributed by atoms with Gasteiger partial charge in [-0.3, -0.25) is 0 Å². The van der Waals surface area contributed by atoms with Gasteiger partial charge >= 0.3 is 0 Å². The van der Waals surface area contributed by atoms with E-state index in [1.54, 1.807) is 0 Å². The maximum atomic E-state index is 9.33. The molecule has 0 aliphatic carbocycles. The van der Waals surface area contributed by atoms with Crippen molar-refractivity contribution in [3.8, 4) is 0 Å². The number of aliphatic hydroxyl groups excluding tert-OH is 1. The predicted molar refractivity (Wildman–Crippen MR) is 48.7 cm³/mol. The van der Waals surface area contributed by atoms with Crippen LogP contribution in [0.1, 0.15) is 7.79 Å². The Hall–Kier alpha value is 0.490. The van der Waals surface area contributed by atoms with Crippen LogP contribution in [-0.2, 0) is 21.1 Å². The fourth-order valence-electron chi connectivity index (χ4n) is 0.882. The van der Waals surface area contributed by atoms with Crippen molar-refractivity contribution >= 4 is 18.3 Å². The van der Waals surface area contributed by atoms with Crippen molar-refractivity contribution in [1.82, 2.24) is 0 Å². The van der Waals surface area contributed by atoms with Crippen LogP contribution in [-0.4, -0.2) is 42.1 Å². The van der Waals surface area contributed by atoms with Gasteiger partial charge in [-0.05, 0) is 18.2 Å². The molecule has 1 aliphatic heterocycles.